The maximum atomic E-state index is 12.5. The summed E-state index contributed by atoms with van der Waals surface area (Å²) in [5.41, 5.74) is 0. The molecule has 5 fully saturated rings. The summed E-state index contributed by atoms with van der Waals surface area (Å²) < 4.78 is 58.2. The molecule has 5 aliphatic rings. The Morgan fingerprint density at radius 2 is 0.824 bits per heavy atom. The Bertz CT molecular complexity index is 1580. The monoisotopic (exact) mass is 1010 g/mol. The van der Waals surface area contributed by atoms with Crippen LogP contribution in [0.25, 0.3) is 0 Å². The standard InChI is InChI=1S/C39H70N2O26Si/c1-13(46)40-20-25(51)32(65-39-31(57)28(54)33(18(11-45)63-39)66-37-29(55)26(52)22(48)15(8-42)60-37)17(10-44)62-35(20)59-12-19-24(50)34(67-38-30(56)27(53)23(49)16(9-43)61-38)21(41-14(2)47)36(64-19)58-6-7-68(3,4)5/h15-39,42-45,48-57H,6-12H2,1-5H3,(H,40,46)(H,41,47)/t15-,16-,17-,18-,19-,20-,21-,22+,23+,24+,25-,26+,27+,28-,29-,30-,31-,32-,33+,34-,35-,36+,37-,38+,39+/m1/s1. The quantitative estimate of drug-likeness (QED) is 0.0534. The summed E-state index contributed by atoms with van der Waals surface area (Å²) in [6, 6.07) is -2.28. The maximum Gasteiger partial charge on any atom is 0.217 e. The number of hydrogen-bond donors (Lipinski definition) is 16. The lowest BCUT2D eigenvalue weighted by atomic mass is 9.94. The lowest BCUT2D eigenvalue weighted by Gasteiger charge is -2.49. The molecular formula is C39H70N2O26Si. The number of carbonyl (C=O) groups excluding carboxylic acids is 2. The van der Waals surface area contributed by atoms with Crippen molar-refractivity contribution in [2.75, 3.05) is 39.6 Å². The third-order valence-corrected chi connectivity index (χ3v) is 13.9. The maximum absolute atomic E-state index is 12.5. The molecule has 396 valence electrons. The van der Waals surface area contributed by atoms with Gasteiger partial charge >= 0.3 is 0 Å². The number of amides is 2. The van der Waals surface area contributed by atoms with Gasteiger partial charge in [0.15, 0.2) is 31.5 Å². The normalized spacial score (nSPS) is 46.0. The Labute approximate surface area is 391 Å². The highest BCUT2D eigenvalue weighted by Crippen LogP contribution is 2.35. The molecule has 25 atom stereocenters. The van der Waals surface area contributed by atoms with E-state index in [1.165, 1.54) is 6.92 Å². The van der Waals surface area contributed by atoms with Crippen LogP contribution in [-0.2, 0) is 57.0 Å². The molecule has 68 heavy (non-hydrogen) atoms. The van der Waals surface area contributed by atoms with Gasteiger partial charge in [-0.3, -0.25) is 9.59 Å². The van der Waals surface area contributed by atoms with Crippen molar-refractivity contribution in [1.29, 1.82) is 0 Å². The van der Waals surface area contributed by atoms with Crippen LogP contribution in [0.15, 0.2) is 0 Å². The van der Waals surface area contributed by atoms with Gasteiger partial charge in [-0.25, -0.2) is 0 Å². The number of nitrogens with one attached hydrogen (secondary N) is 2. The highest BCUT2D eigenvalue weighted by Gasteiger charge is 2.56. The van der Waals surface area contributed by atoms with Crippen LogP contribution in [0.2, 0.25) is 25.7 Å². The summed E-state index contributed by atoms with van der Waals surface area (Å²) in [5.74, 6) is -1.36. The summed E-state index contributed by atoms with van der Waals surface area (Å²) >= 11 is 0. The summed E-state index contributed by atoms with van der Waals surface area (Å²) in [6.07, 6.45) is -39.9. The van der Waals surface area contributed by atoms with Crippen LogP contribution in [-0.4, -0.2) is 284 Å². The fourth-order valence-corrected chi connectivity index (χ4v) is 9.07. The molecule has 0 aliphatic carbocycles. The number of rotatable bonds is 19. The predicted molar refractivity (Wildman–Crippen MR) is 222 cm³/mol. The largest absolute Gasteiger partial charge is 0.394 e. The first-order valence-corrected chi connectivity index (χ1v) is 25.9. The number of hydrogen-bond acceptors (Lipinski definition) is 26. The molecule has 0 unspecified atom stereocenters. The van der Waals surface area contributed by atoms with Gasteiger partial charge in [0.2, 0.25) is 11.8 Å². The summed E-state index contributed by atoms with van der Waals surface area (Å²) in [4.78, 5) is 25.0. The van der Waals surface area contributed by atoms with Crippen molar-refractivity contribution in [2.45, 2.75) is 193 Å². The summed E-state index contributed by atoms with van der Waals surface area (Å²) in [7, 11) is -1.74. The molecule has 5 heterocycles. The van der Waals surface area contributed by atoms with E-state index in [0.717, 1.165) is 6.92 Å². The molecular weight excluding hydrogens is 941 g/mol. The Morgan fingerprint density at radius 1 is 0.441 bits per heavy atom. The second-order valence-corrected chi connectivity index (χ2v) is 24.2. The lowest BCUT2D eigenvalue weighted by Crippen LogP contribution is -2.69. The molecule has 28 nitrogen and oxygen atoms in total. The Morgan fingerprint density at radius 3 is 1.28 bits per heavy atom. The van der Waals surface area contributed by atoms with Gasteiger partial charge < -0.3 is 129 Å². The molecule has 16 N–H and O–H groups in total. The summed E-state index contributed by atoms with van der Waals surface area (Å²) in [6.45, 7) is 4.47. The molecule has 0 aromatic heterocycles. The van der Waals surface area contributed by atoms with Crippen LogP contribution in [0.1, 0.15) is 13.8 Å². The molecule has 0 radical (unpaired) electrons. The fourth-order valence-electron chi connectivity index (χ4n) is 8.34. The van der Waals surface area contributed by atoms with Gasteiger partial charge in [0.05, 0.1) is 33.0 Å². The predicted octanol–water partition coefficient (Wildman–Crippen LogP) is -9.27. The molecule has 5 saturated heterocycles. The van der Waals surface area contributed by atoms with Gasteiger partial charge in [0.25, 0.3) is 0 Å². The molecule has 0 aromatic rings. The second kappa shape index (κ2) is 24.7. The van der Waals surface area contributed by atoms with Crippen molar-refractivity contribution >= 4 is 19.9 Å². The number of aliphatic hydroxyl groups is 14. The fraction of sp³-hybridized carbons (Fsp3) is 0.949. The van der Waals surface area contributed by atoms with E-state index in [1.54, 1.807) is 0 Å². The van der Waals surface area contributed by atoms with Crippen LogP contribution in [0.5, 0.6) is 0 Å². The minimum absolute atomic E-state index is 0.108. The third kappa shape index (κ3) is 13.4. The molecule has 5 rings (SSSR count). The van der Waals surface area contributed by atoms with E-state index in [1.807, 2.05) is 0 Å². The third-order valence-electron chi connectivity index (χ3n) is 12.2. The van der Waals surface area contributed by atoms with Gasteiger partial charge in [-0.05, 0) is 6.04 Å². The van der Waals surface area contributed by atoms with E-state index < -0.39 is 206 Å². The van der Waals surface area contributed by atoms with E-state index in [0.29, 0.717) is 6.04 Å². The zero-order valence-corrected chi connectivity index (χ0v) is 39.0. The van der Waals surface area contributed by atoms with Crippen LogP contribution >= 0.6 is 0 Å². The van der Waals surface area contributed by atoms with Crippen molar-refractivity contribution in [3.8, 4) is 0 Å². The average molecular weight is 1010 g/mol. The van der Waals surface area contributed by atoms with Gasteiger partial charge in [0.1, 0.15) is 122 Å². The van der Waals surface area contributed by atoms with E-state index in [9.17, 15) is 81.1 Å². The number of aliphatic hydroxyl groups excluding tert-OH is 14. The highest BCUT2D eigenvalue weighted by molar-refractivity contribution is 6.76. The zero-order valence-electron chi connectivity index (χ0n) is 38.0. The van der Waals surface area contributed by atoms with Crippen LogP contribution in [0.4, 0.5) is 0 Å². The first kappa shape index (κ1) is 57.1. The van der Waals surface area contributed by atoms with E-state index in [4.69, 9.17) is 47.4 Å². The van der Waals surface area contributed by atoms with Crippen molar-refractivity contribution in [3.63, 3.8) is 0 Å². The Hall–Kier alpha value is -1.80. The van der Waals surface area contributed by atoms with E-state index in [-0.39, 0.29) is 6.61 Å². The van der Waals surface area contributed by atoms with Gasteiger partial charge in [-0.1, -0.05) is 19.6 Å². The number of carbonyl (C=O) groups is 2. The van der Waals surface area contributed by atoms with E-state index >= 15 is 0 Å². The lowest BCUT2D eigenvalue weighted by molar-refractivity contribution is -0.376. The molecule has 0 saturated carbocycles. The molecule has 2 amide bonds. The van der Waals surface area contributed by atoms with Crippen LogP contribution < -0.4 is 10.6 Å². The van der Waals surface area contributed by atoms with E-state index in [2.05, 4.69) is 30.3 Å². The Kier molecular flexibility index (Phi) is 20.8. The SMILES string of the molecule is CC(=O)N[C@H]1[C@H](OC[C@H]2O[C@H](OCC[Si](C)(C)C)[C@H](NC(C)=O)[C@@H](O[C@@H]3O[C@H](CO)[C@H](O)[C@H](O)[C@H]3O)[C@H]2O)O[C@H](CO)[C@@H](O[C@@H]2O[C@H](CO)[C@H](O[C@H]3O[C@H](CO)[C@H](O)[C@H](O)[C@H]3O)[C@H](O)[C@H]2O)[C@@H]1O. The molecule has 0 spiro atoms. The van der Waals surface area contributed by atoms with Gasteiger partial charge in [-0.2, -0.15) is 0 Å². The Balaban J connectivity index is 1.34. The first-order valence-electron chi connectivity index (χ1n) is 22.2. The molecule has 5 aliphatic heterocycles. The zero-order chi connectivity index (χ0) is 50.5. The second-order valence-electron chi connectivity index (χ2n) is 18.6. The molecule has 29 heteroatoms. The van der Waals surface area contributed by atoms with Gasteiger partial charge in [-0.15, -0.1) is 0 Å². The van der Waals surface area contributed by atoms with Crippen molar-refractivity contribution in [1.82, 2.24) is 10.6 Å². The molecule has 0 aromatic carbocycles. The van der Waals surface area contributed by atoms with Crippen LogP contribution in [0, 0.1) is 0 Å². The minimum atomic E-state index is -2.07. The topological polar surface area (TPSA) is 434 Å². The average Bonchev–Trinajstić information content (AvgIpc) is 3.28. The smallest absolute Gasteiger partial charge is 0.217 e. The summed E-state index contributed by atoms with van der Waals surface area (Å²) in [5, 5.41) is 153. The van der Waals surface area contributed by atoms with Crippen molar-refractivity contribution in [2.24, 2.45) is 0 Å². The first-order chi connectivity index (χ1) is 32.0. The van der Waals surface area contributed by atoms with Crippen LogP contribution in [0.3, 0.4) is 0 Å². The van der Waals surface area contributed by atoms with Crippen molar-refractivity contribution < 1.29 is 128 Å². The minimum Gasteiger partial charge on any atom is -0.394 e. The van der Waals surface area contributed by atoms with Gasteiger partial charge in [0, 0.05) is 28.5 Å². The van der Waals surface area contributed by atoms with Crippen molar-refractivity contribution in [3.05, 3.63) is 0 Å². The number of ether oxygens (including phenoxy) is 10. The highest BCUT2D eigenvalue weighted by atomic mass is 28.3. The molecule has 0 bridgehead atoms.